The molecule has 0 saturated heterocycles. The van der Waals surface area contributed by atoms with Crippen molar-refractivity contribution >= 4 is 17.7 Å². The van der Waals surface area contributed by atoms with E-state index in [0.717, 1.165) is 25.8 Å². The largest absolute Gasteiger partial charge is 0.396 e. The van der Waals surface area contributed by atoms with Gasteiger partial charge in [0.15, 0.2) is 0 Å². The Balaban J connectivity index is -0.000000151. The van der Waals surface area contributed by atoms with Gasteiger partial charge in [-0.05, 0) is 37.8 Å². The summed E-state index contributed by atoms with van der Waals surface area (Å²) in [5, 5.41) is 21.0. The predicted molar refractivity (Wildman–Crippen MR) is 103 cm³/mol. The van der Waals surface area contributed by atoms with Crippen LogP contribution in [0.1, 0.15) is 40.0 Å². The maximum Gasteiger partial charge on any atom is 0.220 e. The minimum atomic E-state index is 0. The molecule has 0 aliphatic carbocycles. The second-order valence-corrected chi connectivity index (χ2v) is 4.81. The Morgan fingerprint density at radius 1 is 1.30 bits per heavy atom. The van der Waals surface area contributed by atoms with Crippen LogP contribution in [0, 0.1) is 0 Å². The van der Waals surface area contributed by atoms with Crippen LogP contribution in [0.4, 0.5) is 0 Å². The summed E-state index contributed by atoms with van der Waals surface area (Å²) in [6, 6.07) is 0. The van der Waals surface area contributed by atoms with E-state index in [9.17, 15) is 4.79 Å². The molecule has 0 fully saturated rings. The Bertz CT molecular complexity index is 253. The van der Waals surface area contributed by atoms with Crippen molar-refractivity contribution in [3.8, 4) is 0 Å². The molecule has 23 heavy (non-hydrogen) atoms. The second-order valence-electron chi connectivity index (χ2n) is 3.92. The SMILES string of the molecule is C.C=CCCCO.CCN.NCCCC(=O)NCSC=CCO. The molecule has 6 nitrogen and oxygen atoms in total. The van der Waals surface area contributed by atoms with E-state index < -0.39 is 0 Å². The first-order chi connectivity index (χ1) is 10.6. The van der Waals surface area contributed by atoms with Gasteiger partial charge >= 0.3 is 0 Å². The quantitative estimate of drug-likeness (QED) is 0.231. The number of allylic oxidation sites excluding steroid dienone is 1. The molecule has 0 saturated carbocycles. The molecule has 0 heterocycles. The Hall–Kier alpha value is -0.860. The van der Waals surface area contributed by atoms with E-state index in [4.69, 9.17) is 21.7 Å². The van der Waals surface area contributed by atoms with E-state index in [-0.39, 0.29) is 26.5 Å². The zero-order valence-corrected chi connectivity index (χ0v) is 14.5. The smallest absolute Gasteiger partial charge is 0.220 e. The number of aliphatic hydroxyl groups is 2. The first-order valence-corrected chi connectivity index (χ1v) is 8.45. The fourth-order valence-corrected chi connectivity index (χ4v) is 1.43. The van der Waals surface area contributed by atoms with E-state index >= 15 is 0 Å². The first-order valence-electron chi connectivity index (χ1n) is 7.40. The number of carbonyl (C=O) groups is 1. The zero-order valence-electron chi connectivity index (χ0n) is 13.7. The lowest BCUT2D eigenvalue weighted by atomic mass is 10.3. The number of thioether (sulfide) groups is 1. The van der Waals surface area contributed by atoms with Crippen LogP contribution in [0.15, 0.2) is 24.1 Å². The highest BCUT2D eigenvalue weighted by Crippen LogP contribution is 1.98. The summed E-state index contributed by atoms with van der Waals surface area (Å²) in [7, 11) is 0. The molecule has 0 atom stereocenters. The minimum absolute atomic E-state index is 0. The summed E-state index contributed by atoms with van der Waals surface area (Å²) in [4.78, 5) is 11.0. The van der Waals surface area contributed by atoms with Gasteiger partial charge < -0.3 is 27.0 Å². The average molecular weight is 352 g/mol. The molecule has 0 aliphatic rings. The van der Waals surface area contributed by atoms with Gasteiger partial charge in [-0.2, -0.15) is 0 Å². The molecule has 0 bridgehead atoms. The minimum Gasteiger partial charge on any atom is -0.396 e. The molecule has 140 valence electrons. The number of aliphatic hydroxyl groups excluding tert-OH is 2. The zero-order chi connectivity index (χ0) is 17.5. The van der Waals surface area contributed by atoms with Crippen LogP contribution >= 0.6 is 11.8 Å². The molecule has 0 aromatic carbocycles. The van der Waals surface area contributed by atoms with Crippen molar-refractivity contribution in [3.05, 3.63) is 24.1 Å². The van der Waals surface area contributed by atoms with E-state index in [0.29, 0.717) is 18.8 Å². The van der Waals surface area contributed by atoms with Crippen molar-refractivity contribution < 1.29 is 15.0 Å². The van der Waals surface area contributed by atoms with Gasteiger partial charge in [-0.3, -0.25) is 4.79 Å². The monoisotopic (exact) mass is 351 g/mol. The highest BCUT2D eigenvalue weighted by atomic mass is 32.2. The van der Waals surface area contributed by atoms with E-state index in [2.05, 4.69) is 11.9 Å². The maximum atomic E-state index is 11.0. The van der Waals surface area contributed by atoms with Crippen LogP contribution in [0.25, 0.3) is 0 Å². The fraction of sp³-hybridized carbons (Fsp3) is 0.688. The van der Waals surface area contributed by atoms with Gasteiger partial charge in [-0.1, -0.05) is 26.5 Å². The number of nitrogens with two attached hydrogens (primary N) is 2. The summed E-state index contributed by atoms with van der Waals surface area (Å²) in [6.07, 6.45) is 6.41. The lowest BCUT2D eigenvalue weighted by molar-refractivity contribution is -0.120. The van der Waals surface area contributed by atoms with E-state index in [1.54, 1.807) is 17.6 Å². The van der Waals surface area contributed by atoms with Crippen molar-refractivity contribution in [3.63, 3.8) is 0 Å². The van der Waals surface area contributed by atoms with Crippen LogP contribution in [0.3, 0.4) is 0 Å². The molecule has 0 aliphatic heterocycles. The number of carbonyl (C=O) groups excluding carboxylic acids is 1. The molecule has 7 N–H and O–H groups in total. The molecular weight excluding hydrogens is 314 g/mol. The summed E-state index contributed by atoms with van der Waals surface area (Å²) < 4.78 is 0. The van der Waals surface area contributed by atoms with Gasteiger partial charge in [0.1, 0.15) is 0 Å². The van der Waals surface area contributed by atoms with Gasteiger partial charge in [0.2, 0.25) is 5.91 Å². The molecule has 7 heteroatoms. The topological polar surface area (TPSA) is 122 Å². The lowest BCUT2D eigenvalue weighted by Crippen LogP contribution is -2.22. The molecule has 0 unspecified atom stereocenters. The van der Waals surface area contributed by atoms with E-state index in [1.165, 1.54) is 11.8 Å². The van der Waals surface area contributed by atoms with Gasteiger partial charge in [-0.15, -0.1) is 18.3 Å². The third-order valence-electron chi connectivity index (χ3n) is 1.82. The highest BCUT2D eigenvalue weighted by Gasteiger charge is 1.97. The van der Waals surface area contributed by atoms with Crippen LogP contribution in [0.5, 0.6) is 0 Å². The standard InChI is InChI=1S/C8H16N2O2S.C5H10O.C2H7N.CH4/c9-4-1-3-8(12)10-7-13-6-2-5-11;1-2-3-4-5-6;1-2-3;/h2,6,11H,1,3-5,7,9H2,(H,10,12);2,6H,1,3-5H2;2-3H2,1H3;1H4. The predicted octanol–water partition coefficient (Wildman–Crippen LogP) is 1.58. The summed E-state index contributed by atoms with van der Waals surface area (Å²) in [5.74, 6) is 0.565. The third-order valence-corrected chi connectivity index (χ3v) is 2.52. The third kappa shape index (κ3) is 44.9. The Morgan fingerprint density at radius 2 is 1.91 bits per heavy atom. The van der Waals surface area contributed by atoms with Crippen LogP contribution in [-0.2, 0) is 4.79 Å². The lowest BCUT2D eigenvalue weighted by Gasteiger charge is -2.01. The molecule has 0 rings (SSSR count). The molecule has 1 amide bonds. The van der Waals surface area contributed by atoms with Crippen molar-refractivity contribution in [1.82, 2.24) is 5.32 Å². The highest BCUT2D eigenvalue weighted by molar-refractivity contribution is 8.02. The van der Waals surface area contributed by atoms with Crippen molar-refractivity contribution in [2.24, 2.45) is 11.5 Å². The van der Waals surface area contributed by atoms with Gasteiger partial charge in [-0.25, -0.2) is 0 Å². The normalized spacial score (nSPS) is 8.91. The Morgan fingerprint density at radius 3 is 2.30 bits per heavy atom. The summed E-state index contributed by atoms with van der Waals surface area (Å²) >= 11 is 1.44. The number of hydrogen-bond donors (Lipinski definition) is 5. The number of nitrogens with one attached hydrogen (secondary N) is 1. The Kier molecular flexibility index (Phi) is 43.0. The summed E-state index contributed by atoms with van der Waals surface area (Å²) in [6.45, 7) is 7.01. The second kappa shape index (κ2) is 32.9. The van der Waals surface area contributed by atoms with Gasteiger partial charge in [0.25, 0.3) is 0 Å². The fourth-order valence-electron chi connectivity index (χ4n) is 0.868. The Labute approximate surface area is 146 Å². The van der Waals surface area contributed by atoms with Gasteiger partial charge in [0.05, 0.1) is 12.5 Å². The van der Waals surface area contributed by atoms with E-state index in [1.807, 2.05) is 6.92 Å². The van der Waals surface area contributed by atoms with Crippen molar-refractivity contribution in [2.45, 2.75) is 40.0 Å². The van der Waals surface area contributed by atoms with Crippen molar-refractivity contribution in [1.29, 1.82) is 0 Å². The number of hydrogen-bond acceptors (Lipinski definition) is 6. The molecular formula is C16H37N3O3S. The average Bonchev–Trinajstić information content (AvgIpc) is 2.52. The van der Waals surface area contributed by atoms with Crippen LogP contribution in [-0.4, -0.2) is 48.3 Å². The maximum absolute atomic E-state index is 11.0. The molecule has 0 aromatic heterocycles. The number of unbranched alkanes of at least 4 members (excludes halogenated alkanes) is 1. The first kappa shape index (κ1) is 30.1. The number of rotatable bonds is 10. The van der Waals surface area contributed by atoms with Crippen LogP contribution < -0.4 is 16.8 Å². The number of amides is 1. The van der Waals surface area contributed by atoms with Crippen molar-refractivity contribution in [2.75, 3.05) is 32.2 Å². The molecule has 0 aromatic rings. The summed E-state index contributed by atoms with van der Waals surface area (Å²) in [5.41, 5.74) is 10.1. The van der Waals surface area contributed by atoms with Gasteiger partial charge in [0, 0.05) is 13.0 Å². The van der Waals surface area contributed by atoms with Crippen LogP contribution in [0.2, 0.25) is 0 Å². The molecule has 0 spiro atoms. The molecule has 0 radical (unpaired) electrons.